The average Bonchev–Trinajstić information content (AvgIpc) is 2.36. The van der Waals surface area contributed by atoms with Gasteiger partial charge in [-0.05, 0) is 41.5 Å². The first kappa shape index (κ1) is 13.5. The summed E-state index contributed by atoms with van der Waals surface area (Å²) in [6, 6.07) is 12.3. The quantitative estimate of drug-likeness (QED) is 0.869. The number of rotatable bonds is 4. The first-order valence-electron chi connectivity index (χ1n) is 5.54. The van der Waals surface area contributed by atoms with Crippen LogP contribution in [-0.4, -0.2) is 0 Å². The van der Waals surface area contributed by atoms with Gasteiger partial charge in [0.25, 0.3) is 0 Å². The van der Waals surface area contributed by atoms with Crippen LogP contribution in [0.3, 0.4) is 0 Å². The van der Waals surface area contributed by atoms with Gasteiger partial charge in [-0.2, -0.15) is 0 Å². The van der Waals surface area contributed by atoms with Crippen LogP contribution < -0.4 is 5.32 Å². The molecule has 0 saturated heterocycles. The van der Waals surface area contributed by atoms with Crippen LogP contribution in [0.2, 0.25) is 5.02 Å². The van der Waals surface area contributed by atoms with Crippen LogP contribution in [0.1, 0.15) is 11.1 Å². The summed E-state index contributed by atoms with van der Waals surface area (Å²) in [5.41, 5.74) is 2.05. The van der Waals surface area contributed by atoms with Gasteiger partial charge < -0.3 is 5.32 Å². The smallest absolute Gasteiger partial charge is 0.123 e. The second kappa shape index (κ2) is 6.32. The molecule has 94 valence electrons. The van der Waals surface area contributed by atoms with Crippen LogP contribution in [0.4, 0.5) is 4.39 Å². The van der Waals surface area contributed by atoms with Gasteiger partial charge >= 0.3 is 0 Å². The monoisotopic (exact) mass is 327 g/mol. The Balaban J connectivity index is 1.92. The molecule has 0 aromatic heterocycles. The molecule has 0 aliphatic rings. The predicted octanol–water partition coefficient (Wildman–Crippen LogP) is 4.53. The van der Waals surface area contributed by atoms with E-state index < -0.39 is 0 Å². The maximum absolute atomic E-state index is 13.1. The minimum Gasteiger partial charge on any atom is -0.309 e. The van der Waals surface area contributed by atoms with Crippen molar-refractivity contribution in [2.24, 2.45) is 0 Å². The summed E-state index contributed by atoms with van der Waals surface area (Å²) in [7, 11) is 0. The van der Waals surface area contributed by atoms with E-state index in [-0.39, 0.29) is 5.82 Å². The standard InChI is InChI=1S/C14H12BrClFN/c15-14-6-5-13(17)7-11(14)9-18-8-10-1-3-12(16)4-2-10/h1-7,18H,8-9H2. The molecule has 1 N–H and O–H groups in total. The molecule has 1 nitrogen and oxygen atoms in total. The molecule has 0 amide bonds. The summed E-state index contributed by atoms with van der Waals surface area (Å²) < 4.78 is 14.0. The molecule has 2 aromatic rings. The molecule has 0 atom stereocenters. The zero-order chi connectivity index (χ0) is 13.0. The molecule has 0 aliphatic heterocycles. The van der Waals surface area contributed by atoms with Gasteiger partial charge in [0, 0.05) is 22.6 Å². The predicted molar refractivity (Wildman–Crippen MR) is 76.1 cm³/mol. The normalized spacial score (nSPS) is 10.6. The van der Waals surface area contributed by atoms with E-state index in [1.807, 2.05) is 24.3 Å². The third-order valence-electron chi connectivity index (χ3n) is 2.57. The van der Waals surface area contributed by atoms with Gasteiger partial charge in [-0.25, -0.2) is 4.39 Å². The molecule has 18 heavy (non-hydrogen) atoms. The van der Waals surface area contributed by atoms with E-state index in [0.29, 0.717) is 6.54 Å². The van der Waals surface area contributed by atoms with Crippen LogP contribution in [0.5, 0.6) is 0 Å². The number of benzene rings is 2. The maximum Gasteiger partial charge on any atom is 0.123 e. The molecule has 0 radical (unpaired) electrons. The van der Waals surface area contributed by atoms with E-state index in [2.05, 4.69) is 21.2 Å². The third-order valence-corrected chi connectivity index (χ3v) is 3.59. The highest BCUT2D eigenvalue weighted by Crippen LogP contribution is 2.17. The Morgan fingerprint density at radius 3 is 2.50 bits per heavy atom. The Labute approximate surface area is 119 Å². The Bertz CT molecular complexity index is 528. The van der Waals surface area contributed by atoms with Crippen LogP contribution in [0, 0.1) is 5.82 Å². The molecule has 0 saturated carbocycles. The maximum atomic E-state index is 13.1. The van der Waals surface area contributed by atoms with Gasteiger partial charge in [-0.3, -0.25) is 0 Å². The lowest BCUT2D eigenvalue weighted by Crippen LogP contribution is -2.13. The molecule has 2 aromatic carbocycles. The molecule has 0 bridgehead atoms. The van der Waals surface area contributed by atoms with Crippen molar-refractivity contribution in [3.8, 4) is 0 Å². The Morgan fingerprint density at radius 1 is 1.06 bits per heavy atom. The van der Waals surface area contributed by atoms with Crippen LogP contribution in [0.15, 0.2) is 46.9 Å². The topological polar surface area (TPSA) is 12.0 Å². The molecule has 0 heterocycles. The number of halogens is 3. The van der Waals surface area contributed by atoms with Gasteiger partial charge in [-0.15, -0.1) is 0 Å². The molecule has 4 heteroatoms. The second-order valence-electron chi connectivity index (χ2n) is 3.97. The minimum atomic E-state index is -0.221. The fourth-order valence-electron chi connectivity index (χ4n) is 1.62. The Morgan fingerprint density at radius 2 is 1.78 bits per heavy atom. The van der Waals surface area contributed by atoms with Crippen LogP contribution >= 0.6 is 27.5 Å². The third kappa shape index (κ3) is 3.80. The lowest BCUT2D eigenvalue weighted by molar-refractivity contribution is 0.619. The first-order chi connectivity index (χ1) is 8.65. The number of hydrogen-bond donors (Lipinski definition) is 1. The van der Waals surface area contributed by atoms with Crippen molar-refractivity contribution in [1.29, 1.82) is 0 Å². The molecule has 0 spiro atoms. The van der Waals surface area contributed by atoms with E-state index in [1.54, 1.807) is 6.07 Å². The van der Waals surface area contributed by atoms with Crippen molar-refractivity contribution in [3.05, 3.63) is 68.9 Å². The summed E-state index contributed by atoms with van der Waals surface area (Å²) in [6.45, 7) is 1.33. The van der Waals surface area contributed by atoms with Gasteiger partial charge in [-0.1, -0.05) is 39.7 Å². The van der Waals surface area contributed by atoms with E-state index in [1.165, 1.54) is 12.1 Å². The van der Waals surface area contributed by atoms with Crippen LogP contribution in [-0.2, 0) is 13.1 Å². The van der Waals surface area contributed by atoms with Crippen molar-refractivity contribution < 1.29 is 4.39 Å². The second-order valence-corrected chi connectivity index (χ2v) is 5.26. The summed E-state index contributed by atoms with van der Waals surface area (Å²) in [4.78, 5) is 0. The highest BCUT2D eigenvalue weighted by atomic mass is 79.9. The zero-order valence-electron chi connectivity index (χ0n) is 9.59. The summed E-state index contributed by atoms with van der Waals surface area (Å²) in [5.74, 6) is -0.221. The van der Waals surface area contributed by atoms with Crippen molar-refractivity contribution in [2.75, 3.05) is 0 Å². The fourth-order valence-corrected chi connectivity index (χ4v) is 2.14. The number of nitrogens with one attached hydrogen (secondary N) is 1. The largest absolute Gasteiger partial charge is 0.309 e. The Kier molecular flexibility index (Phi) is 4.75. The highest BCUT2D eigenvalue weighted by molar-refractivity contribution is 9.10. The lowest BCUT2D eigenvalue weighted by Gasteiger charge is -2.07. The van der Waals surface area contributed by atoms with E-state index in [0.717, 1.165) is 27.2 Å². The van der Waals surface area contributed by atoms with Gasteiger partial charge in [0.2, 0.25) is 0 Å². The molecule has 0 unspecified atom stereocenters. The summed E-state index contributed by atoms with van der Waals surface area (Å²) in [6.07, 6.45) is 0. The minimum absolute atomic E-state index is 0.221. The van der Waals surface area contributed by atoms with Crippen molar-refractivity contribution in [3.63, 3.8) is 0 Å². The Hall–Kier alpha value is -0.900. The van der Waals surface area contributed by atoms with E-state index in [9.17, 15) is 4.39 Å². The SMILES string of the molecule is Fc1ccc(Br)c(CNCc2ccc(Cl)cc2)c1. The van der Waals surface area contributed by atoms with Crippen LogP contribution in [0.25, 0.3) is 0 Å². The highest BCUT2D eigenvalue weighted by Gasteiger charge is 2.01. The fraction of sp³-hybridized carbons (Fsp3) is 0.143. The first-order valence-corrected chi connectivity index (χ1v) is 6.71. The summed E-state index contributed by atoms with van der Waals surface area (Å²) in [5, 5.41) is 3.99. The molecular formula is C14H12BrClFN. The molecule has 0 fully saturated rings. The van der Waals surface area contributed by atoms with Crippen molar-refractivity contribution >= 4 is 27.5 Å². The van der Waals surface area contributed by atoms with Crippen molar-refractivity contribution in [2.45, 2.75) is 13.1 Å². The molecule has 0 aliphatic carbocycles. The van der Waals surface area contributed by atoms with E-state index in [4.69, 9.17) is 11.6 Å². The van der Waals surface area contributed by atoms with E-state index >= 15 is 0 Å². The van der Waals surface area contributed by atoms with Gasteiger partial charge in [0.1, 0.15) is 5.82 Å². The van der Waals surface area contributed by atoms with Crippen molar-refractivity contribution in [1.82, 2.24) is 5.32 Å². The molecule has 2 rings (SSSR count). The summed E-state index contributed by atoms with van der Waals surface area (Å²) >= 11 is 9.21. The molecular weight excluding hydrogens is 317 g/mol. The van der Waals surface area contributed by atoms with Gasteiger partial charge in [0.15, 0.2) is 0 Å². The number of hydrogen-bond acceptors (Lipinski definition) is 1. The average molecular weight is 329 g/mol. The zero-order valence-corrected chi connectivity index (χ0v) is 11.9. The van der Waals surface area contributed by atoms with Gasteiger partial charge in [0.05, 0.1) is 0 Å². The lowest BCUT2D eigenvalue weighted by atomic mass is 10.2.